The molecule has 1 aromatic carbocycles. The van der Waals surface area contributed by atoms with Gasteiger partial charge in [0.2, 0.25) is 0 Å². The van der Waals surface area contributed by atoms with Crippen LogP contribution < -0.4 is 11.0 Å². The molecular formula is C6H7N3O2. The minimum Gasteiger partial charge on any atom is -0.213 e. The monoisotopic (exact) mass is 153 g/mol. The van der Waals surface area contributed by atoms with Crippen molar-refractivity contribution in [1.29, 1.82) is 0 Å². The molecule has 0 spiro atoms. The van der Waals surface area contributed by atoms with E-state index < -0.39 is 0 Å². The quantitative estimate of drug-likeness (QED) is 0.399. The van der Waals surface area contributed by atoms with E-state index in [1.807, 2.05) is 6.07 Å². The third kappa shape index (κ3) is 1.91. The summed E-state index contributed by atoms with van der Waals surface area (Å²) >= 11 is 0. The molecule has 2 N–H and O–H groups in total. The van der Waals surface area contributed by atoms with Gasteiger partial charge in [-0.05, 0) is 12.1 Å². The molecule has 5 nitrogen and oxygen atoms in total. The van der Waals surface area contributed by atoms with Gasteiger partial charge in [-0.2, -0.15) is 0 Å². The summed E-state index contributed by atoms with van der Waals surface area (Å²) in [4.78, 5) is 13.7. The maximum absolute atomic E-state index is 9.59. The molecule has 5 heteroatoms. The van der Waals surface area contributed by atoms with Gasteiger partial charge in [-0.3, -0.25) is 0 Å². The summed E-state index contributed by atoms with van der Waals surface area (Å²) in [7, 11) is 0. The van der Waals surface area contributed by atoms with E-state index in [2.05, 4.69) is 10.3 Å². The summed E-state index contributed by atoms with van der Waals surface area (Å²) in [5, 5.41) is 2.95. The molecule has 0 amide bonds. The zero-order valence-corrected chi connectivity index (χ0v) is 5.68. The van der Waals surface area contributed by atoms with Gasteiger partial charge in [-0.1, -0.05) is 18.2 Å². The van der Waals surface area contributed by atoms with Crippen LogP contribution in [0.1, 0.15) is 0 Å². The van der Waals surface area contributed by atoms with Crippen LogP contribution >= 0.6 is 0 Å². The Kier molecular flexibility index (Phi) is 2.40. The standard InChI is InChI=1S/C6H7N3O2/c7-9(11-8-10)6-4-2-1-3-5-6/h1-5H,7H2. The van der Waals surface area contributed by atoms with Gasteiger partial charge >= 0.3 is 0 Å². The lowest BCUT2D eigenvalue weighted by Gasteiger charge is -2.10. The van der Waals surface area contributed by atoms with Crippen molar-refractivity contribution >= 4 is 5.69 Å². The van der Waals surface area contributed by atoms with Crippen molar-refractivity contribution in [2.45, 2.75) is 0 Å². The molecule has 0 bridgehead atoms. The van der Waals surface area contributed by atoms with Gasteiger partial charge in [0.15, 0.2) is 5.34 Å². The lowest BCUT2D eigenvalue weighted by Crippen LogP contribution is -2.28. The molecule has 0 heterocycles. The number of rotatable bonds is 3. The highest BCUT2D eigenvalue weighted by Crippen LogP contribution is 2.08. The van der Waals surface area contributed by atoms with Gasteiger partial charge in [-0.15, -0.1) is 10.1 Å². The second-order valence-electron chi connectivity index (χ2n) is 1.82. The molecule has 0 aliphatic rings. The molecule has 0 aromatic heterocycles. The lowest BCUT2D eigenvalue weighted by atomic mass is 10.3. The highest BCUT2D eigenvalue weighted by atomic mass is 16.9. The predicted octanol–water partition coefficient (Wildman–Crippen LogP) is 0.980. The van der Waals surface area contributed by atoms with Crippen molar-refractivity contribution in [2.75, 3.05) is 5.17 Å². The number of nitrogens with zero attached hydrogens (tertiary/aromatic N) is 2. The van der Waals surface area contributed by atoms with Crippen LogP contribution in [-0.2, 0) is 4.94 Å². The summed E-state index contributed by atoms with van der Waals surface area (Å²) in [6, 6.07) is 8.73. The molecule has 58 valence electrons. The highest BCUT2D eigenvalue weighted by molar-refractivity contribution is 5.41. The molecule has 0 unspecified atom stereocenters. The Morgan fingerprint density at radius 2 is 2.00 bits per heavy atom. The van der Waals surface area contributed by atoms with E-state index in [4.69, 9.17) is 5.84 Å². The normalized spacial score (nSPS) is 8.82. The molecule has 1 rings (SSSR count). The first-order chi connectivity index (χ1) is 5.34. The van der Waals surface area contributed by atoms with Crippen molar-refractivity contribution in [1.82, 2.24) is 0 Å². The Morgan fingerprint density at radius 1 is 1.36 bits per heavy atom. The molecule has 0 fully saturated rings. The molecule has 11 heavy (non-hydrogen) atoms. The first-order valence-electron chi connectivity index (χ1n) is 2.94. The molecule has 0 aliphatic heterocycles. The van der Waals surface area contributed by atoms with Crippen LogP contribution in [0.3, 0.4) is 0 Å². The minimum atomic E-state index is 0.562. The Balaban J connectivity index is 2.68. The van der Waals surface area contributed by atoms with Crippen LogP contribution in [-0.4, -0.2) is 0 Å². The molecular weight excluding hydrogens is 146 g/mol. The van der Waals surface area contributed by atoms with E-state index >= 15 is 0 Å². The average molecular weight is 153 g/mol. The Hall–Kier alpha value is -1.62. The van der Waals surface area contributed by atoms with Gasteiger partial charge in [-0.25, -0.2) is 10.8 Å². The largest absolute Gasteiger partial charge is 0.213 e. The third-order valence-electron chi connectivity index (χ3n) is 1.13. The Labute approximate surface area is 63.2 Å². The van der Waals surface area contributed by atoms with Crippen molar-refractivity contribution in [3.05, 3.63) is 35.2 Å². The summed E-state index contributed by atoms with van der Waals surface area (Å²) in [6.45, 7) is 0. The second-order valence-corrected chi connectivity index (χ2v) is 1.82. The third-order valence-corrected chi connectivity index (χ3v) is 1.13. The maximum atomic E-state index is 9.59. The van der Waals surface area contributed by atoms with E-state index in [1.54, 1.807) is 24.3 Å². The van der Waals surface area contributed by atoms with Crippen LogP contribution in [0.15, 0.2) is 35.7 Å². The van der Waals surface area contributed by atoms with Crippen LogP contribution in [0.25, 0.3) is 0 Å². The van der Waals surface area contributed by atoms with Crippen molar-refractivity contribution in [3.63, 3.8) is 0 Å². The molecule has 0 saturated carbocycles. The fourth-order valence-electron chi connectivity index (χ4n) is 0.658. The van der Waals surface area contributed by atoms with Gasteiger partial charge in [0, 0.05) is 0 Å². The summed E-state index contributed by atoms with van der Waals surface area (Å²) in [6.07, 6.45) is 0. The SMILES string of the molecule is NN(ON=O)c1ccccc1. The molecule has 0 atom stereocenters. The Bertz CT molecular complexity index is 227. The lowest BCUT2D eigenvalue weighted by molar-refractivity contribution is 0.112. The first kappa shape index (κ1) is 7.49. The van der Waals surface area contributed by atoms with Crippen molar-refractivity contribution in [3.8, 4) is 0 Å². The molecule has 1 aromatic rings. The first-order valence-corrected chi connectivity index (χ1v) is 2.94. The zero-order valence-electron chi connectivity index (χ0n) is 5.68. The number of hydrogen-bond donors (Lipinski definition) is 1. The highest BCUT2D eigenvalue weighted by Gasteiger charge is 1.98. The van der Waals surface area contributed by atoms with E-state index in [-0.39, 0.29) is 0 Å². The fraction of sp³-hybridized carbons (Fsp3) is 0. The summed E-state index contributed by atoms with van der Waals surface area (Å²) in [5.74, 6) is 5.22. The zero-order chi connectivity index (χ0) is 8.10. The van der Waals surface area contributed by atoms with E-state index in [9.17, 15) is 4.91 Å². The van der Waals surface area contributed by atoms with E-state index in [1.165, 1.54) is 0 Å². The molecule has 0 saturated heterocycles. The summed E-state index contributed by atoms with van der Waals surface area (Å²) in [5.41, 5.74) is 0.562. The van der Waals surface area contributed by atoms with E-state index in [0.29, 0.717) is 5.69 Å². The summed E-state index contributed by atoms with van der Waals surface area (Å²) < 4.78 is 0. The van der Waals surface area contributed by atoms with Crippen LogP contribution in [0.5, 0.6) is 0 Å². The van der Waals surface area contributed by atoms with Gasteiger partial charge in [0.05, 0.1) is 5.69 Å². The van der Waals surface area contributed by atoms with Gasteiger partial charge < -0.3 is 0 Å². The number of nitrogens with two attached hydrogens (primary N) is 1. The van der Waals surface area contributed by atoms with Crippen LogP contribution in [0.4, 0.5) is 5.69 Å². The molecule has 0 radical (unpaired) electrons. The fourth-order valence-corrected chi connectivity index (χ4v) is 0.658. The second kappa shape index (κ2) is 3.52. The number of para-hydroxylation sites is 1. The molecule has 0 aliphatic carbocycles. The van der Waals surface area contributed by atoms with Crippen LogP contribution in [0, 0.1) is 4.91 Å². The number of benzene rings is 1. The smallest absolute Gasteiger partial charge is 0.183 e. The van der Waals surface area contributed by atoms with Crippen molar-refractivity contribution in [2.24, 2.45) is 11.2 Å². The Morgan fingerprint density at radius 3 is 2.55 bits per heavy atom. The van der Waals surface area contributed by atoms with Gasteiger partial charge in [0.1, 0.15) is 0 Å². The number of anilines is 1. The number of hydrazine groups is 1. The van der Waals surface area contributed by atoms with Gasteiger partial charge in [0.25, 0.3) is 0 Å². The maximum Gasteiger partial charge on any atom is 0.183 e. The van der Waals surface area contributed by atoms with E-state index in [0.717, 1.165) is 5.17 Å². The number of hydrogen-bond acceptors (Lipinski definition) is 5. The predicted molar refractivity (Wildman–Crippen MR) is 40.0 cm³/mol. The van der Waals surface area contributed by atoms with Crippen LogP contribution in [0.2, 0.25) is 0 Å². The average Bonchev–Trinajstić information content (AvgIpc) is 2.07. The van der Waals surface area contributed by atoms with Crippen molar-refractivity contribution < 1.29 is 4.94 Å². The minimum absolute atomic E-state index is 0.562. The topological polar surface area (TPSA) is 67.9 Å².